The lowest BCUT2D eigenvalue weighted by Gasteiger charge is -2.23. The van der Waals surface area contributed by atoms with Crippen LogP contribution < -0.4 is 0 Å². The van der Waals surface area contributed by atoms with Gasteiger partial charge in [-0.15, -0.1) is 16.4 Å². The fourth-order valence-electron chi connectivity index (χ4n) is 2.44. The molecule has 25 heavy (non-hydrogen) atoms. The molecule has 0 saturated heterocycles. The Labute approximate surface area is 155 Å². The van der Waals surface area contributed by atoms with Gasteiger partial charge in [-0.1, -0.05) is 48.2 Å². The molecule has 5 nitrogen and oxygen atoms in total. The van der Waals surface area contributed by atoms with Crippen LogP contribution in [0.15, 0.2) is 53.0 Å². The Bertz CT molecular complexity index is 802. The van der Waals surface area contributed by atoms with Crippen molar-refractivity contribution >= 4 is 29.0 Å². The highest BCUT2D eigenvalue weighted by Gasteiger charge is 2.22. The van der Waals surface area contributed by atoms with Gasteiger partial charge in [0, 0.05) is 13.1 Å². The molecule has 130 valence electrons. The number of amides is 1. The maximum Gasteiger partial charge on any atom is 0.236 e. The summed E-state index contributed by atoms with van der Waals surface area (Å²) in [6, 6.07) is 14.0. The average Bonchev–Trinajstić information content (AvgIpc) is 3.31. The van der Waals surface area contributed by atoms with Crippen LogP contribution in [0.2, 0.25) is 0 Å². The Balaban J connectivity index is 1.63. The third kappa shape index (κ3) is 4.49. The predicted octanol–water partition coefficient (Wildman–Crippen LogP) is 4.06. The molecule has 1 N–H and O–H groups in total. The molecule has 0 saturated carbocycles. The van der Waals surface area contributed by atoms with E-state index in [4.69, 9.17) is 0 Å². The Morgan fingerprint density at radius 3 is 2.76 bits per heavy atom. The van der Waals surface area contributed by atoms with Gasteiger partial charge in [-0.3, -0.25) is 9.89 Å². The van der Waals surface area contributed by atoms with Crippen LogP contribution in [-0.2, 0) is 11.3 Å². The molecule has 0 fully saturated rings. The SMILES string of the molecule is CCN(Cc1ccccc1)C(=O)C(C)Sc1n[nH]c(-c2cccs2)n1. The summed E-state index contributed by atoms with van der Waals surface area (Å²) in [7, 11) is 0. The summed E-state index contributed by atoms with van der Waals surface area (Å²) < 4.78 is 0. The van der Waals surface area contributed by atoms with Gasteiger partial charge in [-0.2, -0.15) is 0 Å². The number of thiophene rings is 1. The monoisotopic (exact) mass is 372 g/mol. The van der Waals surface area contributed by atoms with Crippen LogP contribution in [-0.4, -0.2) is 37.8 Å². The Morgan fingerprint density at radius 1 is 1.28 bits per heavy atom. The van der Waals surface area contributed by atoms with E-state index >= 15 is 0 Å². The molecule has 0 radical (unpaired) electrons. The summed E-state index contributed by atoms with van der Waals surface area (Å²) in [5.41, 5.74) is 1.13. The van der Waals surface area contributed by atoms with Gasteiger partial charge >= 0.3 is 0 Å². The number of nitrogens with zero attached hydrogens (tertiary/aromatic N) is 3. The molecule has 3 rings (SSSR count). The van der Waals surface area contributed by atoms with Crippen LogP contribution in [0.25, 0.3) is 10.7 Å². The molecular formula is C18H20N4OS2. The van der Waals surface area contributed by atoms with Crippen molar-refractivity contribution in [1.82, 2.24) is 20.1 Å². The van der Waals surface area contributed by atoms with Crippen molar-refractivity contribution < 1.29 is 4.79 Å². The van der Waals surface area contributed by atoms with Crippen molar-refractivity contribution in [2.75, 3.05) is 6.54 Å². The van der Waals surface area contributed by atoms with E-state index in [-0.39, 0.29) is 11.2 Å². The summed E-state index contributed by atoms with van der Waals surface area (Å²) >= 11 is 2.99. The van der Waals surface area contributed by atoms with Gasteiger partial charge < -0.3 is 4.90 Å². The van der Waals surface area contributed by atoms with Crippen LogP contribution in [0, 0.1) is 0 Å². The molecular weight excluding hydrogens is 352 g/mol. The van der Waals surface area contributed by atoms with Crippen molar-refractivity contribution in [3.05, 3.63) is 53.4 Å². The molecule has 0 aliphatic carbocycles. The lowest BCUT2D eigenvalue weighted by Crippen LogP contribution is -2.36. The number of rotatable bonds is 7. The number of benzene rings is 1. The van der Waals surface area contributed by atoms with Crippen LogP contribution in [0.3, 0.4) is 0 Å². The topological polar surface area (TPSA) is 61.9 Å². The van der Waals surface area contributed by atoms with Crippen molar-refractivity contribution in [2.24, 2.45) is 0 Å². The minimum absolute atomic E-state index is 0.0961. The van der Waals surface area contributed by atoms with Crippen molar-refractivity contribution in [1.29, 1.82) is 0 Å². The molecule has 0 spiro atoms. The molecule has 0 bridgehead atoms. The summed E-state index contributed by atoms with van der Waals surface area (Å²) in [5, 5.41) is 9.52. The first-order chi connectivity index (χ1) is 12.2. The Hall–Kier alpha value is -2.12. The van der Waals surface area contributed by atoms with Gasteiger partial charge in [0.25, 0.3) is 0 Å². The number of nitrogens with one attached hydrogen (secondary N) is 1. The van der Waals surface area contributed by atoms with E-state index in [2.05, 4.69) is 15.2 Å². The third-order valence-corrected chi connectivity index (χ3v) is 5.58. The molecule has 2 aromatic heterocycles. The first kappa shape index (κ1) is 17.7. The zero-order valence-corrected chi connectivity index (χ0v) is 15.8. The zero-order valence-electron chi connectivity index (χ0n) is 14.2. The second kappa shape index (κ2) is 8.31. The number of carbonyl (C=O) groups excluding carboxylic acids is 1. The molecule has 1 atom stereocenters. The lowest BCUT2D eigenvalue weighted by atomic mass is 10.2. The maximum absolute atomic E-state index is 12.8. The molecule has 0 aliphatic rings. The van der Waals surface area contributed by atoms with E-state index in [1.807, 2.05) is 66.6 Å². The van der Waals surface area contributed by atoms with Gasteiger partial charge in [0.1, 0.15) is 0 Å². The summed E-state index contributed by atoms with van der Waals surface area (Å²) in [5.74, 6) is 0.840. The minimum Gasteiger partial charge on any atom is -0.338 e. The summed E-state index contributed by atoms with van der Waals surface area (Å²) in [4.78, 5) is 20.1. The maximum atomic E-state index is 12.8. The number of aromatic nitrogens is 3. The van der Waals surface area contributed by atoms with Gasteiger partial charge in [0.15, 0.2) is 5.82 Å². The normalized spacial score (nSPS) is 12.1. The molecule has 0 aliphatic heterocycles. The third-order valence-electron chi connectivity index (χ3n) is 3.76. The van der Waals surface area contributed by atoms with Gasteiger partial charge in [-0.25, -0.2) is 4.98 Å². The number of aromatic amines is 1. The average molecular weight is 373 g/mol. The van der Waals surface area contributed by atoms with Gasteiger partial charge in [0.2, 0.25) is 11.1 Å². The second-order valence-corrected chi connectivity index (χ2v) is 7.80. The quantitative estimate of drug-likeness (QED) is 0.635. The number of hydrogen-bond acceptors (Lipinski definition) is 5. The molecule has 2 heterocycles. The number of thioether (sulfide) groups is 1. The van der Waals surface area contributed by atoms with E-state index in [0.717, 1.165) is 16.3 Å². The first-order valence-corrected chi connectivity index (χ1v) is 9.89. The molecule has 1 amide bonds. The van der Waals surface area contributed by atoms with Crippen LogP contribution >= 0.6 is 23.1 Å². The van der Waals surface area contributed by atoms with Crippen molar-refractivity contribution in [3.8, 4) is 10.7 Å². The van der Waals surface area contributed by atoms with Gasteiger partial charge in [-0.05, 0) is 30.9 Å². The van der Waals surface area contributed by atoms with E-state index < -0.39 is 0 Å². The molecule has 3 aromatic rings. The van der Waals surface area contributed by atoms with Crippen LogP contribution in [0.1, 0.15) is 19.4 Å². The summed E-state index contributed by atoms with van der Waals surface area (Å²) in [6.07, 6.45) is 0. The highest BCUT2D eigenvalue weighted by Crippen LogP contribution is 2.26. The molecule has 1 aromatic carbocycles. The van der Waals surface area contributed by atoms with Crippen molar-refractivity contribution in [2.45, 2.75) is 30.8 Å². The van der Waals surface area contributed by atoms with Crippen LogP contribution in [0.5, 0.6) is 0 Å². The second-order valence-electron chi connectivity index (χ2n) is 5.54. The predicted molar refractivity (Wildman–Crippen MR) is 103 cm³/mol. The summed E-state index contributed by atoms with van der Waals surface area (Å²) in [6.45, 7) is 5.20. The van der Waals surface area contributed by atoms with E-state index in [1.165, 1.54) is 11.8 Å². The number of H-pyrrole nitrogens is 1. The molecule has 1 unspecified atom stereocenters. The largest absolute Gasteiger partial charge is 0.338 e. The van der Waals surface area contributed by atoms with E-state index in [9.17, 15) is 4.79 Å². The fraction of sp³-hybridized carbons (Fsp3) is 0.278. The van der Waals surface area contributed by atoms with Crippen molar-refractivity contribution in [3.63, 3.8) is 0 Å². The number of carbonyl (C=O) groups is 1. The minimum atomic E-state index is -0.240. The highest BCUT2D eigenvalue weighted by atomic mass is 32.2. The van der Waals surface area contributed by atoms with Gasteiger partial charge in [0.05, 0.1) is 10.1 Å². The van der Waals surface area contributed by atoms with E-state index in [0.29, 0.717) is 18.2 Å². The highest BCUT2D eigenvalue weighted by molar-refractivity contribution is 8.00. The van der Waals surface area contributed by atoms with E-state index in [1.54, 1.807) is 11.3 Å². The standard InChI is InChI=1S/C18H20N4OS2/c1-3-22(12-14-8-5-4-6-9-14)17(23)13(2)25-18-19-16(20-21-18)15-10-7-11-24-15/h4-11,13H,3,12H2,1-2H3,(H,19,20,21). The van der Waals surface area contributed by atoms with Crippen LogP contribution in [0.4, 0.5) is 0 Å². The Kier molecular flexibility index (Phi) is 5.88. The fourth-order valence-corrected chi connectivity index (χ4v) is 3.91. The zero-order chi connectivity index (χ0) is 17.6. The lowest BCUT2D eigenvalue weighted by molar-refractivity contribution is -0.130. The molecule has 7 heteroatoms. The first-order valence-electron chi connectivity index (χ1n) is 8.13. The smallest absolute Gasteiger partial charge is 0.236 e. The Morgan fingerprint density at radius 2 is 2.08 bits per heavy atom. The number of hydrogen-bond donors (Lipinski definition) is 1.